The van der Waals surface area contributed by atoms with Crippen LogP contribution in [-0.2, 0) is 16.0 Å². The molecule has 6 nitrogen and oxygen atoms in total. The third-order valence-corrected chi connectivity index (χ3v) is 6.15. The number of ether oxygens (including phenoxy) is 1. The van der Waals surface area contributed by atoms with Gasteiger partial charge in [0, 0.05) is 34.2 Å². The van der Waals surface area contributed by atoms with Crippen molar-refractivity contribution in [1.29, 1.82) is 5.26 Å². The van der Waals surface area contributed by atoms with Crippen LogP contribution in [0, 0.1) is 11.3 Å². The largest absolute Gasteiger partial charge is 0.396 e. The van der Waals surface area contributed by atoms with E-state index in [1.165, 1.54) is 27.8 Å². The number of aromatic nitrogens is 1. The predicted octanol–water partition coefficient (Wildman–Crippen LogP) is 4.48. The van der Waals surface area contributed by atoms with Gasteiger partial charge in [0.1, 0.15) is 10.9 Å². The Labute approximate surface area is 197 Å². The van der Waals surface area contributed by atoms with Crippen LogP contribution in [0.2, 0.25) is 0 Å². The van der Waals surface area contributed by atoms with Crippen molar-refractivity contribution >= 4 is 33.7 Å². The zero-order valence-corrected chi connectivity index (χ0v) is 19.2. The van der Waals surface area contributed by atoms with Crippen molar-refractivity contribution in [1.82, 2.24) is 4.98 Å². The molecule has 170 valence electrons. The number of aliphatic hydroxyl groups excluding tert-OH is 1. The number of carbonyl (C=O) groups excluding carboxylic acids is 1. The van der Waals surface area contributed by atoms with E-state index in [-0.39, 0.29) is 13.2 Å². The third kappa shape index (κ3) is 6.77. The fraction of sp³-hybridized carbons (Fsp3) is 0.231. The molecule has 0 unspecified atom stereocenters. The van der Waals surface area contributed by atoms with E-state index in [0.717, 1.165) is 28.9 Å². The molecule has 3 heterocycles. The zero-order valence-electron chi connectivity index (χ0n) is 18.3. The second-order valence-corrected chi connectivity index (χ2v) is 8.64. The number of benzene rings is 1. The van der Waals surface area contributed by atoms with Gasteiger partial charge in [-0.15, -0.1) is 11.3 Å². The molecule has 3 aromatic rings. The lowest BCUT2D eigenvalue weighted by Gasteiger charge is -2.04. The molecule has 0 fully saturated rings. The van der Waals surface area contributed by atoms with Gasteiger partial charge in [0.25, 0.3) is 0 Å². The molecule has 1 aliphatic rings. The van der Waals surface area contributed by atoms with Gasteiger partial charge in [-0.1, -0.05) is 36.4 Å². The molecule has 2 aromatic heterocycles. The number of aliphatic hydroxyl groups is 1. The number of para-hydroxylation sites is 1. The lowest BCUT2D eigenvalue weighted by atomic mass is 10.1. The summed E-state index contributed by atoms with van der Waals surface area (Å²) in [5.41, 5.74) is 9.99. The van der Waals surface area contributed by atoms with Gasteiger partial charge in [-0.25, -0.2) is 0 Å². The summed E-state index contributed by atoms with van der Waals surface area (Å²) >= 11 is 1.37. The molecule has 4 rings (SSSR count). The Morgan fingerprint density at radius 2 is 2.09 bits per heavy atom. The van der Waals surface area contributed by atoms with Gasteiger partial charge in [-0.05, 0) is 54.7 Å². The number of carbonyl (C=O) groups is 1. The van der Waals surface area contributed by atoms with Crippen molar-refractivity contribution in [3.8, 4) is 6.07 Å². The van der Waals surface area contributed by atoms with Gasteiger partial charge in [0.15, 0.2) is 0 Å². The number of aromatic amines is 1. The highest BCUT2D eigenvalue weighted by Crippen LogP contribution is 2.28. The number of allylic oxidation sites excluding steroid dienone is 3. The number of thiophene rings is 1. The molecule has 1 aromatic carbocycles. The van der Waals surface area contributed by atoms with E-state index < -0.39 is 5.91 Å². The number of hydrogen-bond acceptors (Lipinski definition) is 5. The third-order valence-electron chi connectivity index (χ3n) is 5.11. The molecule has 0 saturated heterocycles. The zero-order chi connectivity index (χ0) is 23.6. The Bertz CT molecular complexity index is 1230. The van der Waals surface area contributed by atoms with Crippen LogP contribution < -0.4 is 5.73 Å². The minimum Gasteiger partial charge on any atom is -0.396 e. The van der Waals surface area contributed by atoms with Crippen molar-refractivity contribution in [2.24, 2.45) is 5.73 Å². The summed E-state index contributed by atoms with van der Waals surface area (Å²) in [6.07, 6.45) is 8.12. The number of rotatable bonds is 5. The topological polar surface area (TPSA) is 112 Å². The fourth-order valence-corrected chi connectivity index (χ4v) is 4.18. The number of nitrogens with zero attached hydrogens (tertiary/aromatic N) is 1. The number of aryl methyl sites for hydroxylation is 1. The molecule has 33 heavy (non-hydrogen) atoms. The Hall–Kier alpha value is -3.44. The lowest BCUT2D eigenvalue weighted by Crippen LogP contribution is -2.18. The van der Waals surface area contributed by atoms with Crippen LogP contribution in [0.5, 0.6) is 0 Å². The highest BCUT2D eigenvalue weighted by molar-refractivity contribution is 7.13. The highest BCUT2D eigenvalue weighted by Gasteiger charge is 2.12. The highest BCUT2D eigenvalue weighted by atomic mass is 32.1. The van der Waals surface area contributed by atoms with Crippen molar-refractivity contribution in [3.05, 3.63) is 87.8 Å². The van der Waals surface area contributed by atoms with E-state index in [2.05, 4.69) is 29.8 Å². The summed E-state index contributed by atoms with van der Waals surface area (Å²) in [6, 6.07) is 14.0. The first-order chi connectivity index (χ1) is 16.0. The summed E-state index contributed by atoms with van der Waals surface area (Å²) in [5, 5.41) is 18.9. The molecule has 0 aliphatic carbocycles. The van der Waals surface area contributed by atoms with Crippen LogP contribution in [-0.4, -0.2) is 35.8 Å². The maximum atomic E-state index is 11.4. The van der Waals surface area contributed by atoms with Crippen LogP contribution in [0.3, 0.4) is 0 Å². The van der Waals surface area contributed by atoms with Crippen LogP contribution in [0.1, 0.15) is 28.2 Å². The number of H-pyrrole nitrogens is 1. The predicted molar refractivity (Wildman–Crippen MR) is 133 cm³/mol. The number of nitrogens with two attached hydrogens (primary N) is 1. The molecule has 0 atom stereocenters. The lowest BCUT2D eigenvalue weighted by molar-refractivity contribution is -0.115. The molecule has 0 radical (unpaired) electrons. The van der Waals surface area contributed by atoms with Gasteiger partial charge in [0.2, 0.25) is 5.91 Å². The maximum absolute atomic E-state index is 11.4. The van der Waals surface area contributed by atoms with Gasteiger partial charge >= 0.3 is 0 Å². The normalized spacial score (nSPS) is 17.3. The Kier molecular flexibility index (Phi) is 8.79. The maximum Gasteiger partial charge on any atom is 0.246 e. The number of amides is 1. The van der Waals surface area contributed by atoms with Gasteiger partial charge in [-0.2, -0.15) is 5.26 Å². The second-order valence-electron chi connectivity index (χ2n) is 7.56. The Morgan fingerprint density at radius 1 is 1.27 bits per heavy atom. The SMILES string of the molecule is C=C1/C=C(c2ccc(C#N)s2)\C=C(\C(N)=O)COCC1.OCCCc1c[nH]c2ccccc12. The van der Waals surface area contributed by atoms with Crippen molar-refractivity contribution in [2.45, 2.75) is 19.3 Å². The molecular formula is C26H27N3O3S. The first kappa shape index (κ1) is 24.2. The number of hydrogen-bond donors (Lipinski definition) is 3. The monoisotopic (exact) mass is 461 g/mol. The quantitative estimate of drug-likeness (QED) is 0.520. The molecule has 1 aliphatic heterocycles. The van der Waals surface area contributed by atoms with E-state index in [0.29, 0.717) is 23.5 Å². The molecule has 0 saturated carbocycles. The van der Waals surface area contributed by atoms with Gasteiger partial charge in [0.05, 0.1) is 13.2 Å². The van der Waals surface area contributed by atoms with Crippen LogP contribution >= 0.6 is 11.3 Å². The van der Waals surface area contributed by atoms with Crippen molar-refractivity contribution in [3.63, 3.8) is 0 Å². The van der Waals surface area contributed by atoms with E-state index in [1.807, 2.05) is 30.5 Å². The van der Waals surface area contributed by atoms with Crippen LogP contribution in [0.4, 0.5) is 0 Å². The van der Waals surface area contributed by atoms with E-state index in [1.54, 1.807) is 12.1 Å². The first-order valence-corrected chi connectivity index (χ1v) is 11.5. The molecular weight excluding hydrogens is 434 g/mol. The Balaban J connectivity index is 0.000000203. The molecule has 0 bridgehead atoms. The number of nitrogens with one attached hydrogen (secondary N) is 1. The molecule has 7 heteroatoms. The van der Waals surface area contributed by atoms with Gasteiger partial charge < -0.3 is 20.6 Å². The van der Waals surface area contributed by atoms with Crippen molar-refractivity contribution < 1.29 is 14.6 Å². The van der Waals surface area contributed by atoms with Crippen LogP contribution in [0.25, 0.3) is 16.5 Å². The standard InChI is InChI=1S/C15H14N2O2S.C11H13NO/c1-10-4-5-19-9-12(15(17)18)7-11(6-10)14-3-2-13(8-16)20-14;13-7-3-4-9-8-12-11-6-2-1-5-10(9)11/h2-3,6-7H,1,4-5,9H2,(H2,17,18);1-2,5-6,8,12-13H,3-4,7H2/b11-6+,12-7+;. The van der Waals surface area contributed by atoms with Crippen molar-refractivity contribution in [2.75, 3.05) is 19.8 Å². The summed E-state index contributed by atoms with van der Waals surface area (Å²) < 4.78 is 5.40. The van der Waals surface area contributed by atoms with Gasteiger partial charge in [-0.3, -0.25) is 4.79 Å². The molecule has 4 N–H and O–H groups in total. The number of fused-ring (bicyclic) bond motifs is 1. The van der Waals surface area contributed by atoms with E-state index in [4.69, 9.17) is 20.8 Å². The minimum atomic E-state index is -0.500. The summed E-state index contributed by atoms with van der Waals surface area (Å²) in [6.45, 7) is 4.92. The second kappa shape index (κ2) is 12.0. The Morgan fingerprint density at radius 3 is 2.82 bits per heavy atom. The smallest absolute Gasteiger partial charge is 0.246 e. The molecule has 0 spiro atoms. The fourth-order valence-electron chi connectivity index (χ4n) is 3.39. The average Bonchev–Trinajstić information content (AvgIpc) is 3.47. The van der Waals surface area contributed by atoms with E-state index in [9.17, 15) is 4.79 Å². The summed E-state index contributed by atoms with van der Waals surface area (Å²) in [7, 11) is 0. The number of primary amides is 1. The average molecular weight is 462 g/mol. The minimum absolute atomic E-state index is 0.191. The number of nitriles is 1. The first-order valence-electron chi connectivity index (χ1n) is 10.7. The van der Waals surface area contributed by atoms with E-state index >= 15 is 0 Å². The summed E-state index contributed by atoms with van der Waals surface area (Å²) in [5.74, 6) is -0.500. The summed E-state index contributed by atoms with van der Waals surface area (Å²) in [4.78, 5) is 16.2. The van der Waals surface area contributed by atoms with Crippen LogP contribution in [0.15, 0.2) is 72.5 Å². The molecule has 1 amide bonds.